The van der Waals surface area contributed by atoms with E-state index >= 15 is 0 Å². The highest BCUT2D eigenvalue weighted by molar-refractivity contribution is 9.10. The number of aromatic nitrogens is 4. The molecule has 12 heteroatoms. The number of rotatable bonds is 8. The number of nitrogens with one attached hydrogen (secondary N) is 1. The van der Waals surface area contributed by atoms with Crippen LogP contribution in [0, 0.1) is 11.3 Å². The van der Waals surface area contributed by atoms with Crippen LogP contribution in [0.3, 0.4) is 0 Å². The molecule has 4 heterocycles. The quantitative estimate of drug-likeness (QED) is 0.336. The minimum atomic E-state index is -0.0616. The molecule has 1 amide bonds. The van der Waals surface area contributed by atoms with E-state index in [2.05, 4.69) is 56.6 Å². The number of imidazole rings is 1. The van der Waals surface area contributed by atoms with Crippen molar-refractivity contribution in [3.05, 3.63) is 22.9 Å². The summed E-state index contributed by atoms with van der Waals surface area (Å²) in [7, 11) is 0. The standard InChI is InChI=1S/C26H33BrN6O3S2/c1-26(2,3)12-21(34)31-17(15-5-8-37-9-6-15)4-7-33-24-22(23(28)29-13-30-24)32-25(33)38-20-11-19-18(10-16(20)27)35-14-36-19/h10-11,13,15,17H,4-9,12,14H2,1-3H3,(H,31,34)(H2,28,29,30). The van der Waals surface area contributed by atoms with Crippen molar-refractivity contribution in [2.75, 3.05) is 24.0 Å². The molecule has 2 aromatic heterocycles. The highest BCUT2D eigenvalue weighted by Gasteiger charge is 2.28. The van der Waals surface area contributed by atoms with Crippen molar-refractivity contribution < 1.29 is 14.3 Å². The summed E-state index contributed by atoms with van der Waals surface area (Å²) >= 11 is 7.16. The Bertz CT molecular complexity index is 1320. The van der Waals surface area contributed by atoms with Crippen molar-refractivity contribution in [1.82, 2.24) is 24.8 Å². The molecular weight excluding hydrogens is 588 g/mol. The van der Waals surface area contributed by atoms with Gasteiger partial charge in [-0.1, -0.05) is 32.5 Å². The number of nitrogens with zero attached hydrogens (tertiary/aromatic N) is 4. The average Bonchev–Trinajstić information content (AvgIpc) is 3.46. The lowest BCUT2D eigenvalue weighted by atomic mass is 9.89. The van der Waals surface area contributed by atoms with Crippen molar-refractivity contribution in [3.8, 4) is 11.5 Å². The molecule has 3 N–H and O–H groups in total. The Morgan fingerprint density at radius 2 is 2.00 bits per heavy atom. The zero-order valence-electron chi connectivity index (χ0n) is 21.8. The van der Waals surface area contributed by atoms with E-state index in [1.807, 2.05) is 23.9 Å². The van der Waals surface area contributed by atoms with Crippen LogP contribution < -0.4 is 20.5 Å². The summed E-state index contributed by atoms with van der Waals surface area (Å²) in [6.07, 6.45) is 4.97. The predicted molar refractivity (Wildman–Crippen MR) is 155 cm³/mol. The Labute approximate surface area is 239 Å². The summed E-state index contributed by atoms with van der Waals surface area (Å²) < 4.78 is 14.1. The summed E-state index contributed by atoms with van der Waals surface area (Å²) in [6, 6.07) is 3.94. The number of nitrogens with two attached hydrogens (primary N) is 1. The number of carbonyl (C=O) groups excluding carboxylic acids is 1. The van der Waals surface area contributed by atoms with Gasteiger partial charge in [0.05, 0.1) is 0 Å². The molecule has 38 heavy (non-hydrogen) atoms. The van der Waals surface area contributed by atoms with E-state index in [1.54, 1.807) is 0 Å². The lowest BCUT2D eigenvalue weighted by Crippen LogP contribution is -2.43. The number of hydrogen-bond acceptors (Lipinski definition) is 9. The summed E-state index contributed by atoms with van der Waals surface area (Å²) in [5.74, 6) is 4.59. The van der Waals surface area contributed by atoms with Crippen LogP contribution >= 0.6 is 39.5 Å². The lowest BCUT2D eigenvalue weighted by molar-refractivity contribution is -0.124. The number of ether oxygens (including phenoxy) is 2. The van der Waals surface area contributed by atoms with E-state index in [0.717, 1.165) is 45.3 Å². The highest BCUT2D eigenvalue weighted by Crippen LogP contribution is 2.43. The molecule has 1 unspecified atom stereocenters. The van der Waals surface area contributed by atoms with Gasteiger partial charge in [0, 0.05) is 28.4 Å². The lowest BCUT2D eigenvalue weighted by Gasteiger charge is -2.32. The molecule has 0 saturated carbocycles. The first kappa shape index (κ1) is 27.4. The maximum absolute atomic E-state index is 13.0. The van der Waals surface area contributed by atoms with Crippen LogP contribution in [0.2, 0.25) is 0 Å². The van der Waals surface area contributed by atoms with Gasteiger partial charge in [0.15, 0.2) is 33.6 Å². The molecule has 0 aliphatic carbocycles. The number of nitrogen functional groups attached to an aromatic ring is 1. The Morgan fingerprint density at radius 3 is 2.74 bits per heavy atom. The molecule has 0 spiro atoms. The maximum Gasteiger partial charge on any atom is 0.231 e. The monoisotopic (exact) mass is 620 g/mol. The Hall–Kier alpha value is -2.18. The molecule has 2 aliphatic heterocycles. The number of halogens is 1. The second kappa shape index (κ2) is 11.5. The maximum atomic E-state index is 13.0. The molecule has 5 rings (SSSR count). The van der Waals surface area contributed by atoms with E-state index in [9.17, 15) is 4.79 Å². The largest absolute Gasteiger partial charge is 0.454 e. The van der Waals surface area contributed by atoms with Crippen LogP contribution in [-0.2, 0) is 11.3 Å². The molecule has 2 aliphatic rings. The van der Waals surface area contributed by atoms with Crippen molar-refractivity contribution in [3.63, 3.8) is 0 Å². The zero-order chi connectivity index (χ0) is 26.9. The van der Waals surface area contributed by atoms with Gasteiger partial charge in [0.1, 0.15) is 6.33 Å². The number of carbonyl (C=O) groups is 1. The molecule has 204 valence electrons. The molecular formula is C26H33BrN6O3S2. The SMILES string of the molecule is CC(C)(C)CC(=O)NC(CCn1c(Sc2cc3c(cc2Br)OCO3)nc2c(N)ncnc21)C1CCSCC1. The topological polar surface area (TPSA) is 117 Å². The molecule has 1 fully saturated rings. The molecule has 1 saturated heterocycles. The molecule has 0 bridgehead atoms. The smallest absolute Gasteiger partial charge is 0.231 e. The number of thioether (sulfide) groups is 1. The molecule has 1 aromatic carbocycles. The minimum Gasteiger partial charge on any atom is -0.454 e. The second-order valence-corrected chi connectivity index (χ2v) is 14.0. The third kappa shape index (κ3) is 6.34. The van der Waals surface area contributed by atoms with Crippen LogP contribution in [0.5, 0.6) is 11.5 Å². The summed E-state index contributed by atoms with van der Waals surface area (Å²) in [4.78, 5) is 27.4. The number of amides is 1. The van der Waals surface area contributed by atoms with Gasteiger partial charge in [-0.3, -0.25) is 4.79 Å². The van der Waals surface area contributed by atoms with Crippen LogP contribution in [0.4, 0.5) is 5.82 Å². The van der Waals surface area contributed by atoms with Gasteiger partial charge in [0.25, 0.3) is 0 Å². The molecule has 0 radical (unpaired) electrons. The van der Waals surface area contributed by atoms with E-state index in [1.165, 1.54) is 18.1 Å². The van der Waals surface area contributed by atoms with Gasteiger partial charge in [0.2, 0.25) is 12.7 Å². The molecule has 1 atom stereocenters. The second-order valence-electron chi connectivity index (χ2n) is 10.9. The van der Waals surface area contributed by atoms with E-state index in [0.29, 0.717) is 47.4 Å². The first-order valence-corrected chi connectivity index (χ1v) is 15.6. The number of anilines is 1. The predicted octanol–water partition coefficient (Wildman–Crippen LogP) is 5.51. The van der Waals surface area contributed by atoms with Gasteiger partial charge in [-0.2, -0.15) is 11.8 Å². The third-order valence-electron chi connectivity index (χ3n) is 6.69. The first-order valence-electron chi connectivity index (χ1n) is 12.8. The van der Waals surface area contributed by atoms with Crippen LogP contribution in [0.15, 0.2) is 33.0 Å². The summed E-state index contributed by atoms with van der Waals surface area (Å²) in [5.41, 5.74) is 7.40. The summed E-state index contributed by atoms with van der Waals surface area (Å²) in [5, 5.41) is 4.14. The number of fused-ring (bicyclic) bond motifs is 2. The van der Waals surface area contributed by atoms with E-state index in [-0.39, 0.29) is 24.2 Å². The van der Waals surface area contributed by atoms with Crippen LogP contribution in [-0.4, -0.2) is 49.8 Å². The Morgan fingerprint density at radius 1 is 1.26 bits per heavy atom. The number of aryl methyl sites for hydroxylation is 1. The third-order valence-corrected chi connectivity index (χ3v) is 9.71. The van der Waals surface area contributed by atoms with Crippen molar-refractivity contribution in [2.24, 2.45) is 11.3 Å². The van der Waals surface area contributed by atoms with Gasteiger partial charge in [-0.25, -0.2) is 15.0 Å². The highest BCUT2D eigenvalue weighted by atomic mass is 79.9. The summed E-state index contributed by atoms with van der Waals surface area (Å²) in [6.45, 7) is 7.14. The fraction of sp³-hybridized carbons (Fsp3) is 0.538. The van der Waals surface area contributed by atoms with Crippen molar-refractivity contribution in [1.29, 1.82) is 0 Å². The normalized spacial score (nSPS) is 16.6. The van der Waals surface area contributed by atoms with Crippen LogP contribution in [0.25, 0.3) is 11.2 Å². The van der Waals surface area contributed by atoms with Crippen molar-refractivity contribution in [2.45, 2.75) is 69.1 Å². The van der Waals surface area contributed by atoms with Crippen molar-refractivity contribution >= 4 is 62.3 Å². The van der Waals surface area contributed by atoms with E-state index < -0.39 is 0 Å². The van der Waals surface area contributed by atoms with Gasteiger partial charge in [-0.05, 0) is 70.2 Å². The van der Waals surface area contributed by atoms with Gasteiger partial charge in [-0.15, -0.1) is 0 Å². The molecule has 9 nitrogen and oxygen atoms in total. The van der Waals surface area contributed by atoms with E-state index in [4.69, 9.17) is 20.2 Å². The Kier molecular flexibility index (Phi) is 8.30. The minimum absolute atomic E-state index is 0.0616. The number of hydrogen-bond donors (Lipinski definition) is 2. The first-order chi connectivity index (χ1) is 18.2. The average molecular weight is 622 g/mol. The molecule has 3 aromatic rings. The number of benzene rings is 1. The fourth-order valence-electron chi connectivity index (χ4n) is 4.84. The van der Waals surface area contributed by atoms with Gasteiger partial charge < -0.3 is 25.1 Å². The Balaban J connectivity index is 1.43. The zero-order valence-corrected chi connectivity index (χ0v) is 25.0. The fourth-order valence-corrected chi connectivity index (χ4v) is 7.49. The van der Waals surface area contributed by atoms with Gasteiger partial charge >= 0.3 is 0 Å². The van der Waals surface area contributed by atoms with Crippen LogP contribution in [0.1, 0.15) is 46.5 Å².